The number of hydrogen-bond donors (Lipinski definition) is 1. The number of phenols is 1. The zero-order valence-corrected chi connectivity index (χ0v) is 17.2. The Hall–Kier alpha value is -3.38. The Morgan fingerprint density at radius 3 is 2.53 bits per heavy atom. The van der Waals surface area contributed by atoms with Crippen LogP contribution in [0.15, 0.2) is 66.9 Å². The molecule has 0 radical (unpaired) electrons. The molecule has 1 amide bonds. The lowest BCUT2D eigenvalue weighted by atomic mass is 10.0. The topological polar surface area (TPSA) is 79.7 Å². The Balaban J connectivity index is 1.79. The minimum atomic E-state index is -0.309. The lowest BCUT2D eigenvalue weighted by molar-refractivity contribution is -0.118. The van der Waals surface area contributed by atoms with Gasteiger partial charge in [0, 0.05) is 24.1 Å². The first-order chi connectivity index (χ1) is 14.5. The van der Waals surface area contributed by atoms with Gasteiger partial charge in [-0.25, -0.2) is 0 Å². The highest BCUT2D eigenvalue weighted by Crippen LogP contribution is 2.29. The maximum atomic E-state index is 13.0. The number of ether oxygens (including phenoxy) is 1. The van der Waals surface area contributed by atoms with E-state index in [1.54, 1.807) is 48.7 Å². The van der Waals surface area contributed by atoms with Gasteiger partial charge in [-0.15, -0.1) is 0 Å². The number of halogens is 1. The first-order valence-electron chi connectivity index (χ1n) is 9.34. The third-order valence-corrected chi connectivity index (χ3v) is 4.78. The van der Waals surface area contributed by atoms with Crippen LogP contribution >= 0.6 is 11.6 Å². The Labute approximate surface area is 179 Å². The molecule has 0 spiro atoms. The van der Waals surface area contributed by atoms with Crippen LogP contribution in [0.5, 0.6) is 11.5 Å². The quantitative estimate of drug-likeness (QED) is 0.532. The van der Waals surface area contributed by atoms with E-state index in [0.717, 1.165) is 0 Å². The number of rotatable bonds is 8. The molecular formula is C23H21ClN2O4. The predicted octanol–water partition coefficient (Wildman–Crippen LogP) is 4.65. The van der Waals surface area contributed by atoms with Gasteiger partial charge in [-0.3, -0.25) is 14.6 Å². The van der Waals surface area contributed by atoms with Crippen molar-refractivity contribution in [2.24, 2.45) is 0 Å². The van der Waals surface area contributed by atoms with E-state index in [9.17, 15) is 14.7 Å². The number of nitrogens with zero attached hydrogens (tertiary/aromatic N) is 2. The summed E-state index contributed by atoms with van der Waals surface area (Å²) in [4.78, 5) is 31.4. The second-order valence-electron chi connectivity index (χ2n) is 6.56. The number of carbonyl (C=O) groups is 2. The van der Waals surface area contributed by atoms with Crippen LogP contribution in [0, 0.1) is 0 Å². The van der Waals surface area contributed by atoms with E-state index in [1.807, 2.05) is 6.07 Å². The summed E-state index contributed by atoms with van der Waals surface area (Å²) in [6.45, 7) is 0.173. The summed E-state index contributed by atoms with van der Waals surface area (Å²) in [5.41, 5.74) is 1.36. The third-order valence-electron chi connectivity index (χ3n) is 4.55. The van der Waals surface area contributed by atoms with Crippen molar-refractivity contribution >= 4 is 29.0 Å². The van der Waals surface area contributed by atoms with Crippen molar-refractivity contribution in [2.75, 3.05) is 12.0 Å². The number of carbonyl (C=O) groups excluding carboxylic acids is 2. The molecule has 0 aliphatic heterocycles. The monoisotopic (exact) mass is 424 g/mol. The normalized spacial score (nSPS) is 10.5. The molecule has 0 aliphatic carbocycles. The number of aromatic hydroxyl groups is 1. The van der Waals surface area contributed by atoms with Gasteiger partial charge in [-0.1, -0.05) is 29.8 Å². The van der Waals surface area contributed by atoms with Gasteiger partial charge in [-0.2, -0.15) is 0 Å². The first-order valence-corrected chi connectivity index (χ1v) is 9.72. The number of Topliss-reactive ketones (excluding diaryl/α,β-unsaturated/α-hetero) is 1. The van der Waals surface area contributed by atoms with E-state index < -0.39 is 0 Å². The Kier molecular flexibility index (Phi) is 7.03. The molecule has 0 unspecified atom stereocenters. The average molecular weight is 425 g/mol. The predicted molar refractivity (Wildman–Crippen MR) is 115 cm³/mol. The van der Waals surface area contributed by atoms with Gasteiger partial charge >= 0.3 is 0 Å². The van der Waals surface area contributed by atoms with Gasteiger partial charge in [0.05, 0.1) is 30.6 Å². The molecule has 0 aliphatic rings. The number of benzene rings is 2. The van der Waals surface area contributed by atoms with Crippen molar-refractivity contribution < 1.29 is 19.4 Å². The smallest absolute Gasteiger partial charge is 0.227 e. The number of amides is 1. The van der Waals surface area contributed by atoms with Gasteiger partial charge in [0.15, 0.2) is 5.78 Å². The van der Waals surface area contributed by atoms with Crippen LogP contribution < -0.4 is 9.64 Å². The van der Waals surface area contributed by atoms with E-state index >= 15 is 0 Å². The third kappa shape index (κ3) is 5.15. The fourth-order valence-corrected chi connectivity index (χ4v) is 3.21. The number of phenolic OH excluding ortho intramolecular Hbond substituents is 1. The molecule has 0 bridgehead atoms. The van der Waals surface area contributed by atoms with E-state index in [0.29, 0.717) is 27.7 Å². The van der Waals surface area contributed by atoms with Crippen molar-refractivity contribution in [1.29, 1.82) is 0 Å². The van der Waals surface area contributed by atoms with Crippen molar-refractivity contribution in [1.82, 2.24) is 4.98 Å². The van der Waals surface area contributed by atoms with E-state index in [1.165, 1.54) is 24.1 Å². The number of methoxy groups -OCH3 is 1. The molecule has 0 atom stereocenters. The van der Waals surface area contributed by atoms with Crippen LogP contribution in [0.25, 0.3) is 0 Å². The number of anilines is 1. The molecule has 3 aromatic rings. The minimum absolute atomic E-state index is 0.0235. The largest absolute Gasteiger partial charge is 0.506 e. The number of pyridine rings is 1. The number of para-hydroxylation sites is 2. The van der Waals surface area contributed by atoms with Gasteiger partial charge in [0.1, 0.15) is 11.5 Å². The average Bonchev–Trinajstić information content (AvgIpc) is 2.77. The van der Waals surface area contributed by atoms with Crippen molar-refractivity contribution in [2.45, 2.75) is 19.4 Å². The van der Waals surface area contributed by atoms with Crippen molar-refractivity contribution in [3.8, 4) is 11.5 Å². The lowest BCUT2D eigenvalue weighted by Crippen LogP contribution is -2.31. The van der Waals surface area contributed by atoms with Crippen LogP contribution in [-0.2, 0) is 11.3 Å². The molecule has 1 aromatic heterocycles. The van der Waals surface area contributed by atoms with Crippen LogP contribution in [0.3, 0.4) is 0 Å². The van der Waals surface area contributed by atoms with Crippen LogP contribution in [0.4, 0.5) is 5.69 Å². The number of ketones is 1. The molecule has 2 aromatic carbocycles. The van der Waals surface area contributed by atoms with Crippen LogP contribution in [0.1, 0.15) is 28.9 Å². The van der Waals surface area contributed by atoms with Gasteiger partial charge in [0.25, 0.3) is 0 Å². The van der Waals surface area contributed by atoms with Crippen LogP contribution in [0.2, 0.25) is 5.02 Å². The molecule has 0 saturated heterocycles. The highest BCUT2D eigenvalue weighted by atomic mass is 35.5. The molecule has 0 fully saturated rings. The lowest BCUT2D eigenvalue weighted by Gasteiger charge is -2.23. The van der Waals surface area contributed by atoms with Gasteiger partial charge in [0.2, 0.25) is 5.91 Å². The summed E-state index contributed by atoms with van der Waals surface area (Å²) in [5, 5.41) is 10.7. The molecule has 7 heteroatoms. The fraction of sp³-hybridized carbons (Fsp3) is 0.174. The van der Waals surface area contributed by atoms with E-state index in [4.69, 9.17) is 16.3 Å². The second-order valence-corrected chi connectivity index (χ2v) is 6.99. The molecule has 1 N–H and O–H groups in total. The maximum absolute atomic E-state index is 13.0. The van der Waals surface area contributed by atoms with Gasteiger partial charge < -0.3 is 14.7 Å². The summed E-state index contributed by atoms with van der Waals surface area (Å²) >= 11 is 6.00. The highest BCUT2D eigenvalue weighted by molar-refractivity contribution is 6.31. The Morgan fingerprint density at radius 1 is 1.07 bits per heavy atom. The molecule has 1 heterocycles. The minimum Gasteiger partial charge on any atom is -0.506 e. The zero-order valence-electron chi connectivity index (χ0n) is 16.4. The molecule has 0 saturated carbocycles. The molecule has 6 nitrogen and oxygen atoms in total. The zero-order chi connectivity index (χ0) is 21.5. The molecular weight excluding hydrogens is 404 g/mol. The van der Waals surface area contributed by atoms with Crippen LogP contribution in [-0.4, -0.2) is 28.9 Å². The first kappa shape index (κ1) is 21.3. The second kappa shape index (κ2) is 9.89. The van der Waals surface area contributed by atoms with E-state index in [2.05, 4.69) is 4.98 Å². The number of hydrogen-bond acceptors (Lipinski definition) is 5. The molecule has 154 valence electrons. The summed E-state index contributed by atoms with van der Waals surface area (Å²) in [7, 11) is 1.47. The summed E-state index contributed by atoms with van der Waals surface area (Å²) < 4.78 is 5.22. The van der Waals surface area contributed by atoms with Gasteiger partial charge in [-0.05, 0) is 42.5 Å². The number of aromatic nitrogens is 1. The fourth-order valence-electron chi connectivity index (χ4n) is 3.04. The highest BCUT2D eigenvalue weighted by Gasteiger charge is 2.22. The summed E-state index contributed by atoms with van der Waals surface area (Å²) in [6.07, 6.45) is 1.56. The Bertz CT molecular complexity index is 1040. The molecule has 30 heavy (non-hydrogen) atoms. The van der Waals surface area contributed by atoms with E-state index in [-0.39, 0.29) is 36.8 Å². The summed E-state index contributed by atoms with van der Waals surface area (Å²) in [6, 6.07) is 16.8. The summed E-state index contributed by atoms with van der Waals surface area (Å²) in [5.74, 6) is -0.179. The maximum Gasteiger partial charge on any atom is 0.227 e. The molecule has 3 rings (SSSR count). The standard InChI is InChI=1S/C23H21ClN2O4/c1-30-22-11-9-16(24)14-18(22)20(27)10-12-23(29)26(15-17-6-4-5-13-25-17)19-7-2-3-8-21(19)28/h2-9,11,13-14,28H,10,12,15H2,1H3. The van der Waals surface area contributed by atoms with Crippen molar-refractivity contribution in [3.63, 3.8) is 0 Å². The SMILES string of the molecule is COc1ccc(Cl)cc1C(=O)CCC(=O)N(Cc1ccccn1)c1ccccc1O. The van der Waals surface area contributed by atoms with Crippen molar-refractivity contribution in [3.05, 3.63) is 83.1 Å². The Morgan fingerprint density at radius 2 is 1.83 bits per heavy atom.